The maximum atomic E-state index is 12.3. The van der Waals surface area contributed by atoms with E-state index >= 15 is 0 Å². The van der Waals surface area contributed by atoms with Crippen LogP contribution in [-0.4, -0.2) is 44.7 Å². The minimum absolute atomic E-state index is 0.100. The number of carbonyl (C=O) groups excluding carboxylic acids is 1. The van der Waals surface area contributed by atoms with Crippen molar-refractivity contribution >= 4 is 16.9 Å². The molecule has 0 aromatic carbocycles. The van der Waals surface area contributed by atoms with Crippen molar-refractivity contribution in [3.8, 4) is 0 Å². The van der Waals surface area contributed by atoms with Crippen molar-refractivity contribution in [1.29, 1.82) is 0 Å². The van der Waals surface area contributed by atoms with Gasteiger partial charge in [0.2, 0.25) is 5.91 Å². The van der Waals surface area contributed by atoms with Gasteiger partial charge in [0.05, 0.1) is 5.39 Å². The molecule has 0 unspecified atom stereocenters. The van der Waals surface area contributed by atoms with E-state index < -0.39 is 0 Å². The van der Waals surface area contributed by atoms with Crippen molar-refractivity contribution < 1.29 is 4.79 Å². The average Bonchev–Trinajstić information content (AvgIpc) is 3.03. The number of hydrogen-bond donors (Lipinski definition) is 2. The maximum absolute atomic E-state index is 12.3. The molecule has 7 heteroatoms. The normalized spacial score (nSPS) is 18.1. The second-order valence-corrected chi connectivity index (χ2v) is 6.39. The number of rotatable bonds is 3. The quantitative estimate of drug-likeness (QED) is 0.855. The number of aromatic amines is 1. The monoisotopic (exact) mass is 317 g/mol. The van der Waals surface area contributed by atoms with Crippen LogP contribution in [0.15, 0.2) is 4.79 Å². The first kappa shape index (κ1) is 15.7. The summed E-state index contributed by atoms with van der Waals surface area (Å²) in [6.07, 6.45) is 1.89. The van der Waals surface area contributed by atoms with E-state index in [1.165, 1.54) is 0 Å². The third-order valence-electron chi connectivity index (χ3n) is 4.74. The molecule has 7 nitrogen and oxygen atoms in total. The van der Waals surface area contributed by atoms with E-state index in [2.05, 4.69) is 10.1 Å². The van der Waals surface area contributed by atoms with Crippen LogP contribution in [0.4, 0.5) is 0 Å². The molecule has 1 fully saturated rings. The van der Waals surface area contributed by atoms with E-state index in [0.29, 0.717) is 30.4 Å². The molecule has 1 aliphatic rings. The minimum atomic E-state index is -0.134. The highest BCUT2D eigenvalue weighted by atomic mass is 16.2. The number of amides is 1. The number of fused-ring (bicyclic) bond motifs is 1. The highest BCUT2D eigenvalue weighted by Crippen LogP contribution is 2.21. The third kappa shape index (κ3) is 2.76. The van der Waals surface area contributed by atoms with E-state index in [9.17, 15) is 9.59 Å². The largest absolute Gasteiger partial charge is 0.341 e. The Labute approximate surface area is 134 Å². The topological polar surface area (TPSA) is 97.0 Å². The lowest BCUT2D eigenvalue weighted by molar-refractivity contribution is -0.130. The molecule has 1 amide bonds. The van der Waals surface area contributed by atoms with Crippen LogP contribution in [-0.2, 0) is 18.3 Å². The molecule has 23 heavy (non-hydrogen) atoms. The molecular weight excluding hydrogens is 294 g/mol. The summed E-state index contributed by atoms with van der Waals surface area (Å²) >= 11 is 0. The van der Waals surface area contributed by atoms with Crippen LogP contribution in [0.3, 0.4) is 0 Å². The molecule has 1 aliphatic heterocycles. The lowest BCUT2D eigenvalue weighted by atomic mass is 10.00. The first-order chi connectivity index (χ1) is 10.9. The van der Waals surface area contributed by atoms with E-state index in [4.69, 9.17) is 5.73 Å². The fraction of sp³-hybridized carbons (Fsp3) is 0.562. The standard InChI is InChI=1S/C16H23N5O2/c1-9-12(4-5-13(22)21-7-6-11(17)8-21)10(2)18-15-14(9)16(23)19-20(15)3/h11H,4-8,17H2,1-3H3,(H,19,23)/t11-/m1/s1. The maximum Gasteiger partial charge on any atom is 0.273 e. The molecule has 3 rings (SSSR count). The van der Waals surface area contributed by atoms with Gasteiger partial charge in [-0.1, -0.05) is 0 Å². The van der Waals surface area contributed by atoms with Gasteiger partial charge in [0.1, 0.15) is 0 Å². The number of nitrogens with zero attached hydrogens (tertiary/aromatic N) is 3. The summed E-state index contributed by atoms with van der Waals surface area (Å²) in [5.74, 6) is 0.124. The highest BCUT2D eigenvalue weighted by Gasteiger charge is 2.24. The predicted octanol–water partition coefficient (Wildman–Crippen LogP) is 0.371. The van der Waals surface area contributed by atoms with E-state index in [-0.39, 0.29) is 17.5 Å². The van der Waals surface area contributed by atoms with Gasteiger partial charge in [0, 0.05) is 38.3 Å². The second-order valence-electron chi connectivity index (χ2n) is 6.39. The van der Waals surface area contributed by atoms with Crippen LogP contribution in [0.25, 0.3) is 11.0 Å². The van der Waals surface area contributed by atoms with Crippen LogP contribution >= 0.6 is 0 Å². The van der Waals surface area contributed by atoms with Crippen molar-refractivity contribution in [3.05, 3.63) is 27.2 Å². The first-order valence-electron chi connectivity index (χ1n) is 7.96. The third-order valence-corrected chi connectivity index (χ3v) is 4.74. The average molecular weight is 317 g/mol. The SMILES string of the molecule is Cc1nc2c(c(C)c1CCC(=O)N1CC[C@@H](N)C1)c(=O)[nH]n2C. The highest BCUT2D eigenvalue weighted by molar-refractivity contribution is 5.81. The van der Waals surface area contributed by atoms with Gasteiger partial charge in [-0.25, -0.2) is 4.98 Å². The molecule has 1 saturated heterocycles. The lowest BCUT2D eigenvalue weighted by Crippen LogP contribution is -2.32. The first-order valence-corrected chi connectivity index (χ1v) is 7.96. The van der Waals surface area contributed by atoms with Gasteiger partial charge in [-0.3, -0.25) is 19.4 Å². The smallest absolute Gasteiger partial charge is 0.273 e. The molecule has 3 heterocycles. The Morgan fingerprint density at radius 3 is 2.83 bits per heavy atom. The molecule has 0 aliphatic carbocycles. The van der Waals surface area contributed by atoms with Crippen LogP contribution in [0.2, 0.25) is 0 Å². The number of aryl methyl sites for hydroxylation is 3. The summed E-state index contributed by atoms with van der Waals surface area (Å²) in [4.78, 5) is 30.7. The van der Waals surface area contributed by atoms with Crippen molar-refractivity contribution in [2.24, 2.45) is 12.8 Å². The Kier molecular flexibility index (Phi) is 3.97. The zero-order valence-electron chi connectivity index (χ0n) is 13.8. The van der Waals surface area contributed by atoms with Gasteiger partial charge in [-0.05, 0) is 37.8 Å². The second kappa shape index (κ2) is 5.81. The van der Waals surface area contributed by atoms with Crippen LogP contribution in [0, 0.1) is 13.8 Å². The number of aromatic nitrogens is 3. The molecular formula is C16H23N5O2. The van der Waals surface area contributed by atoms with Crippen LogP contribution < -0.4 is 11.3 Å². The Morgan fingerprint density at radius 1 is 1.43 bits per heavy atom. The lowest BCUT2D eigenvalue weighted by Gasteiger charge is -2.16. The molecule has 1 atom stereocenters. The summed E-state index contributed by atoms with van der Waals surface area (Å²) in [5.41, 5.74) is 9.16. The van der Waals surface area contributed by atoms with Crippen LogP contribution in [0.1, 0.15) is 29.7 Å². The molecule has 2 aromatic heterocycles. The van der Waals surface area contributed by atoms with Crippen molar-refractivity contribution in [3.63, 3.8) is 0 Å². The Balaban J connectivity index is 1.84. The number of hydrogen-bond acceptors (Lipinski definition) is 4. The van der Waals surface area contributed by atoms with E-state index in [1.54, 1.807) is 11.7 Å². The summed E-state index contributed by atoms with van der Waals surface area (Å²) in [6.45, 7) is 5.24. The zero-order chi connectivity index (χ0) is 16.7. The number of nitrogens with two attached hydrogens (primary N) is 1. The summed E-state index contributed by atoms with van der Waals surface area (Å²) in [6, 6.07) is 0.100. The molecule has 2 aromatic rings. The summed E-state index contributed by atoms with van der Waals surface area (Å²) in [5, 5.41) is 3.35. The fourth-order valence-electron chi connectivity index (χ4n) is 3.42. The van der Waals surface area contributed by atoms with E-state index in [1.807, 2.05) is 18.7 Å². The van der Waals surface area contributed by atoms with Gasteiger partial charge in [0.15, 0.2) is 5.65 Å². The van der Waals surface area contributed by atoms with Crippen molar-refractivity contribution in [1.82, 2.24) is 19.7 Å². The van der Waals surface area contributed by atoms with Crippen LogP contribution in [0.5, 0.6) is 0 Å². The number of nitrogens with one attached hydrogen (secondary N) is 1. The molecule has 0 saturated carbocycles. The van der Waals surface area contributed by atoms with Crippen molar-refractivity contribution in [2.75, 3.05) is 13.1 Å². The fourth-order valence-corrected chi connectivity index (χ4v) is 3.42. The van der Waals surface area contributed by atoms with E-state index in [0.717, 1.165) is 29.8 Å². The number of carbonyl (C=O) groups is 1. The Bertz CT molecular complexity index is 820. The van der Waals surface area contributed by atoms with Gasteiger partial charge in [-0.15, -0.1) is 0 Å². The zero-order valence-corrected chi connectivity index (χ0v) is 13.8. The molecule has 124 valence electrons. The number of likely N-dealkylation sites (tertiary alicyclic amines) is 1. The predicted molar refractivity (Wildman–Crippen MR) is 88.3 cm³/mol. The Morgan fingerprint density at radius 2 is 2.17 bits per heavy atom. The molecule has 3 N–H and O–H groups in total. The molecule has 0 spiro atoms. The van der Waals surface area contributed by atoms with Gasteiger partial charge < -0.3 is 10.6 Å². The number of H-pyrrole nitrogens is 1. The molecule has 0 bridgehead atoms. The summed E-state index contributed by atoms with van der Waals surface area (Å²) in [7, 11) is 1.77. The van der Waals surface area contributed by atoms with Gasteiger partial charge in [-0.2, -0.15) is 0 Å². The number of pyridine rings is 1. The van der Waals surface area contributed by atoms with Gasteiger partial charge in [0.25, 0.3) is 5.56 Å². The Hall–Kier alpha value is -2.15. The van der Waals surface area contributed by atoms with Gasteiger partial charge >= 0.3 is 0 Å². The molecule has 0 radical (unpaired) electrons. The van der Waals surface area contributed by atoms with Crippen molar-refractivity contribution in [2.45, 2.75) is 39.2 Å². The minimum Gasteiger partial charge on any atom is -0.341 e. The summed E-state index contributed by atoms with van der Waals surface area (Å²) < 4.78 is 1.64.